The van der Waals surface area contributed by atoms with E-state index in [0.717, 1.165) is 42.4 Å². The molecule has 29 heavy (non-hydrogen) atoms. The summed E-state index contributed by atoms with van der Waals surface area (Å²) in [4.78, 5) is 12.2. The number of carbonyl (C=O) groups excluding carboxylic acids is 1. The molecule has 0 N–H and O–H groups in total. The molecule has 0 aromatic rings. The van der Waals surface area contributed by atoms with Gasteiger partial charge in [-0.2, -0.15) is 0 Å². The van der Waals surface area contributed by atoms with Crippen LogP contribution < -0.4 is 0 Å². The molecule has 0 bridgehead atoms. The van der Waals surface area contributed by atoms with Gasteiger partial charge in [0.1, 0.15) is 5.78 Å². The van der Waals surface area contributed by atoms with Crippen LogP contribution in [0.5, 0.6) is 0 Å². The largest absolute Gasteiger partial charge is 0.300 e. The Bertz CT molecular complexity index is 622. The van der Waals surface area contributed by atoms with E-state index in [2.05, 4.69) is 41.5 Å². The number of carbonyl (C=O) groups is 1. The highest BCUT2D eigenvalue weighted by molar-refractivity contribution is 5.79. The van der Waals surface area contributed by atoms with Crippen molar-refractivity contribution in [2.24, 2.45) is 51.8 Å². The van der Waals surface area contributed by atoms with Gasteiger partial charge < -0.3 is 0 Å². The van der Waals surface area contributed by atoms with Crippen molar-refractivity contribution in [3.05, 3.63) is 0 Å². The van der Waals surface area contributed by atoms with Gasteiger partial charge in [0.05, 0.1) is 0 Å². The molecule has 0 amide bonds. The van der Waals surface area contributed by atoms with E-state index in [-0.39, 0.29) is 0 Å². The summed E-state index contributed by atoms with van der Waals surface area (Å²) in [6.07, 6.45) is 15.7. The van der Waals surface area contributed by atoms with Crippen LogP contribution in [-0.2, 0) is 4.79 Å². The van der Waals surface area contributed by atoms with E-state index in [4.69, 9.17) is 0 Å². The molecular formula is C28H48O. The van der Waals surface area contributed by atoms with Crippen molar-refractivity contribution in [3.8, 4) is 0 Å². The summed E-state index contributed by atoms with van der Waals surface area (Å²) in [6.45, 7) is 15.3. The molecule has 0 saturated heterocycles. The molecule has 0 heterocycles. The van der Waals surface area contributed by atoms with Gasteiger partial charge in [0.15, 0.2) is 0 Å². The summed E-state index contributed by atoms with van der Waals surface area (Å²) in [7, 11) is 0. The summed E-state index contributed by atoms with van der Waals surface area (Å²) in [6, 6.07) is 0. The van der Waals surface area contributed by atoms with Crippen molar-refractivity contribution >= 4 is 5.78 Å². The second-order valence-electron chi connectivity index (χ2n) is 13.1. The van der Waals surface area contributed by atoms with Gasteiger partial charge in [-0.15, -0.1) is 0 Å². The number of ketones is 1. The lowest BCUT2D eigenvalue weighted by Crippen LogP contribution is -2.57. The third-order valence-electron chi connectivity index (χ3n) is 11.5. The fourth-order valence-corrected chi connectivity index (χ4v) is 9.46. The topological polar surface area (TPSA) is 17.1 Å². The third-order valence-corrected chi connectivity index (χ3v) is 11.5. The Labute approximate surface area is 181 Å². The molecule has 1 heteroatoms. The summed E-state index contributed by atoms with van der Waals surface area (Å²) >= 11 is 0. The molecule has 1 nitrogen and oxygen atoms in total. The Morgan fingerprint density at radius 2 is 1.59 bits per heavy atom. The predicted molar refractivity (Wildman–Crippen MR) is 123 cm³/mol. The fourth-order valence-electron chi connectivity index (χ4n) is 9.46. The average Bonchev–Trinajstić information content (AvgIpc) is 2.93. The first kappa shape index (κ1) is 21.9. The Morgan fingerprint density at radius 3 is 2.31 bits per heavy atom. The lowest BCUT2D eigenvalue weighted by Gasteiger charge is -2.64. The maximum Gasteiger partial charge on any atom is 0.133 e. The molecule has 0 spiro atoms. The Morgan fingerprint density at radius 1 is 0.862 bits per heavy atom. The molecular weight excluding hydrogens is 352 g/mol. The van der Waals surface area contributed by atoms with Crippen LogP contribution in [0.1, 0.15) is 119 Å². The zero-order valence-corrected chi connectivity index (χ0v) is 20.4. The van der Waals surface area contributed by atoms with E-state index in [1.807, 2.05) is 0 Å². The summed E-state index contributed by atoms with van der Waals surface area (Å²) < 4.78 is 0. The maximum atomic E-state index is 12.2. The number of hydrogen-bond donors (Lipinski definition) is 0. The summed E-state index contributed by atoms with van der Waals surface area (Å²) in [5.74, 6) is 5.68. The van der Waals surface area contributed by atoms with E-state index in [1.165, 1.54) is 64.2 Å². The van der Waals surface area contributed by atoms with E-state index in [1.54, 1.807) is 0 Å². The fraction of sp³-hybridized carbons (Fsp3) is 0.964. The maximum absolute atomic E-state index is 12.2. The molecule has 8 atom stereocenters. The molecule has 8 unspecified atom stereocenters. The highest BCUT2D eigenvalue weighted by Crippen LogP contribution is 2.73. The first-order valence-electron chi connectivity index (χ1n) is 13.1. The van der Waals surface area contributed by atoms with Crippen LogP contribution in [0.4, 0.5) is 0 Å². The summed E-state index contributed by atoms with van der Waals surface area (Å²) in [5, 5.41) is 0. The normalized spacial score (nSPS) is 48.2. The second kappa shape index (κ2) is 7.67. The molecule has 4 aliphatic rings. The van der Waals surface area contributed by atoms with Gasteiger partial charge in [-0.3, -0.25) is 4.79 Å². The molecule has 0 aromatic heterocycles. The van der Waals surface area contributed by atoms with E-state index >= 15 is 0 Å². The molecule has 0 radical (unpaired) electrons. The van der Waals surface area contributed by atoms with Gasteiger partial charge in [-0.05, 0) is 96.7 Å². The standard InChI is InChI=1S/C28H48O/c1-19(2)8-7-9-20(3)23-13-16-28(6)25-11-10-21-18-22(29)12-15-26(21,4)24(25)14-17-27(23,28)5/h19-21,23-25H,7-18H2,1-6H3. The lowest BCUT2D eigenvalue weighted by molar-refractivity contribution is -0.162. The summed E-state index contributed by atoms with van der Waals surface area (Å²) in [5.41, 5.74) is 1.52. The highest BCUT2D eigenvalue weighted by atomic mass is 16.1. The van der Waals surface area contributed by atoms with E-state index in [9.17, 15) is 4.79 Å². The Kier molecular flexibility index (Phi) is 5.79. The van der Waals surface area contributed by atoms with Crippen LogP contribution in [-0.4, -0.2) is 5.78 Å². The van der Waals surface area contributed by atoms with E-state index in [0.29, 0.717) is 27.9 Å². The number of hydrogen-bond acceptors (Lipinski definition) is 1. The van der Waals surface area contributed by atoms with Crippen LogP contribution in [0.3, 0.4) is 0 Å². The molecule has 4 saturated carbocycles. The van der Waals surface area contributed by atoms with Crippen LogP contribution in [0.2, 0.25) is 0 Å². The number of fused-ring (bicyclic) bond motifs is 5. The van der Waals surface area contributed by atoms with Gasteiger partial charge in [0.25, 0.3) is 0 Å². The average molecular weight is 401 g/mol. The van der Waals surface area contributed by atoms with Gasteiger partial charge in [-0.1, -0.05) is 60.8 Å². The molecule has 166 valence electrons. The molecule has 4 aliphatic carbocycles. The lowest BCUT2D eigenvalue weighted by atomic mass is 9.40. The van der Waals surface area contributed by atoms with Gasteiger partial charge in [0, 0.05) is 12.8 Å². The number of Topliss-reactive ketones (excluding diaryl/α,β-unsaturated/α-hetero) is 1. The van der Waals surface area contributed by atoms with Crippen molar-refractivity contribution in [1.82, 2.24) is 0 Å². The molecule has 4 rings (SSSR count). The highest BCUT2D eigenvalue weighted by Gasteiger charge is 2.65. The van der Waals surface area contributed by atoms with Crippen LogP contribution in [0, 0.1) is 51.8 Å². The minimum Gasteiger partial charge on any atom is -0.300 e. The van der Waals surface area contributed by atoms with Crippen LogP contribution in [0.25, 0.3) is 0 Å². The van der Waals surface area contributed by atoms with Crippen LogP contribution in [0.15, 0.2) is 0 Å². The van der Waals surface area contributed by atoms with Crippen molar-refractivity contribution in [2.75, 3.05) is 0 Å². The first-order valence-corrected chi connectivity index (χ1v) is 13.1. The van der Waals surface area contributed by atoms with Crippen molar-refractivity contribution in [3.63, 3.8) is 0 Å². The minimum absolute atomic E-state index is 0.447. The monoisotopic (exact) mass is 400 g/mol. The molecule has 0 aromatic carbocycles. The van der Waals surface area contributed by atoms with Gasteiger partial charge in [0.2, 0.25) is 0 Å². The van der Waals surface area contributed by atoms with Crippen molar-refractivity contribution in [2.45, 2.75) is 119 Å². The minimum atomic E-state index is 0.447. The zero-order chi connectivity index (χ0) is 21.0. The smallest absolute Gasteiger partial charge is 0.133 e. The van der Waals surface area contributed by atoms with Crippen molar-refractivity contribution in [1.29, 1.82) is 0 Å². The zero-order valence-electron chi connectivity index (χ0n) is 20.4. The van der Waals surface area contributed by atoms with Gasteiger partial charge in [-0.25, -0.2) is 0 Å². The molecule has 4 fully saturated rings. The second-order valence-corrected chi connectivity index (χ2v) is 13.1. The third kappa shape index (κ3) is 3.36. The first-order chi connectivity index (χ1) is 13.6. The number of rotatable bonds is 5. The Balaban J connectivity index is 1.53. The van der Waals surface area contributed by atoms with E-state index < -0.39 is 0 Å². The van der Waals surface area contributed by atoms with Crippen molar-refractivity contribution < 1.29 is 4.79 Å². The van der Waals surface area contributed by atoms with Crippen LogP contribution >= 0.6 is 0 Å². The quantitative estimate of drug-likeness (QED) is 0.456. The Hall–Kier alpha value is -0.330. The van der Waals surface area contributed by atoms with Gasteiger partial charge >= 0.3 is 0 Å². The SMILES string of the molecule is CC(C)CCCC(C)C1CCC2(C)C3CCC4CC(=O)CCC4(C)C3CCC12C. The predicted octanol–water partition coefficient (Wildman–Crippen LogP) is 8.07. The molecule has 0 aliphatic heterocycles.